The summed E-state index contributed by atoms with van der Waals surface area (Å²) in [7, 11) is 0.0749. The highest BCUT2D eigenvalue weighted by Crippen LogP contribution is 2.39. The van der Waals surface area contributed by atoms with Gasteiger partial charge in [0.15, 0.2) is 0 Å². The van der Waals surface area contributed by atoms with Crippen molar-refractivity contribution in [3.63, 3.8) is 0 Å². The summed E-state index contributed by atoms with van der Waals surface area (Å²) in [4.78, 5) is 25.1. The minimum absolute atomic E-state index is 0.0749. The van der Waals surface area contributed by atoms with Crippen molar-refractivity contribution in [1.29, 1.82) is 0 Å². The highest BCUT2D eigenvalue weighted by atomic mass is 16.3. The van der Waals surface area contributed by atoms with Gasteiger partial charge in [-0.15, -0.1) is 0 Å². The molecule has 4 nitrogen and oxygen atoms in total. The average molecular weight is 349 g/mol. The van der Waals surface area contributed by atoms with Crippen molar-refractivity contribution < 1.29 is 14.7 Å². The van der Waals surface area contributed by atoms with E-state index in [2.05, 4.69) is 50.2 Å². The second-order valence-corrected chi connectivity index (χ2v) is 7.45. The van der Waals surface area contributed by atoms with Crippen LogP contribution in [0.2, 0.25) is 0 Å². The maximum Gasteiger partial charge on any atom is 0.313 e. The summed E-state index contributed by atoms with van der Waals surface area (Å²) in [6, 6.07) is 18.5. The maximum absolute atomic E-state index is 12.5. The topological polar surface area (TPSA) is 57.6 Å². The van der Waals surface area contributed by atoms with E-state index < -0.39 is 5.92 Å². The number of hydrogen-bond donors (Lipinski definition) is 1. The Hall–Kier alpha value is -2.40. The Balaban J connectivity index is 1.89. The number of nitrogens with zero attached hydrogens (tertiary/aromatic N) is 1. The summed E-state index contributed by atoms with van der Waals surface area (Å²) in [5.41, 5.74) is 3.10. The van der Waals surface area contributed by atoms with Crippen molar-refractivity contribution >= 4 is 19.5 Å². The van der Waals surface area contributed by atoms with Gasteiger partial charge >= 0.3 is 7.41 Å². The van der Waals surface area contributed by atoms with E-state index in [9.17, 15) is 14.7 Å². The number of aliphatic hydroxyl groups excluding tert-OH is 1. The van der Waals surface area contributed by atoms with Crippen LogP contribution in [0.1, 0.15) is 25.8 Å². The summed E-state index contributed by atoms with van der Waals surface area (Å²) in [5.74, 6) is -0.540. The van der Waals surface area contributed by atoms with Crippen molar-refractivity contribution in [1.82, 2.24) is 4.81 Å². The van der Waals surface area contributed by atoms with Crippen molar-refractivity contribution in [3.05, 3.63) is 60.2 Å². The first-order chi connectivity index (χ1) is 12.5. The van der Waals surface area contributed by atoms with Crippen LogP contribution in [-0.2, 0) is 15.0 Å². The third kappa shape index (κ3) is 3.31. The molecule has 134 valence electrons. The Morgan fingerprint density at radius 2 is 1.73 bits per heavy atom. The van der Waals surface area contributed by atoms with Crippen molar-refractivity contribution in [2.75, 3.05) is 6.61 Å². The van der Waals surface area contributed by atoms with Gasteiger partial charge in [-0.1, -0.05) is 68.4 Å². The minimum Gasteiger partial charge on any atom is -0.396 e. The normalized spacial score (nSPS) is 20.3. The molecule has 1 N–H and O–H groups in total. The predicted molar refractivity (Wildman–Crippen MR) is 105 cm³/mol. The Kier molecular flexibility index (Phi) is 5.28. The summed E-state index contributed by atoms with van der Waals surface area (Å²) in [5, 5.41) is 9.50. The van der Waals surface area contributed by atoms with Crippen molar-refractivity contribution in [2.45, 2.75) is 31.7 Å². The molecule has 0 radical (unpaired) electrons. The first-order valence-corrected chi connectivity index (χ1v) is 9.00. The van der Waals surface area contributed by atoms with E-state index >= 15 is 0 Å². The molecule has 0 aromatic heterocycles. The third-order valence-corrected chi connectivity index (χ3v) is 5.58. The molecule has 2 atom stereocenters. The number of amides is 1. The van der Waals surface area contributed by atoms with E-state index in [-0.39, 0.29) is 31.4 Å². The molecule has 0 saturated carbocycles. The number of carbonyl (C=O) groups excluding carboxylic acids is 2. The van der Waals surface area contributed by atoms with Gasteiger partial charge in [0.2, 0.25) is 5.91 Å². The zero-order valence-electron chi connectivity index (χ0n) is 15.3. The van der Waals surface area contributed by atoms with Crippen LogP contribution in [0.4, 0.5) is 0 Å². The van der Waals surface area contributed by atoms with E-state index in [0.29, 0.717) is 6.42 Å². The summed E-state index contributed by atoms with van der Waals surface area (Å²) < 4.78 is 0. The van der Waals surface area contributed by atoms with Crippen LogP contribution in [-0.4, -0.2) is 42.1 Å². The van der Waals surface area contributed by atoms with Gasteiger partial charge in [-0.2, -0.15) is 0 Å². The maximum atomic E-state index is 12.5. The molecular weight excluding hydrogens is 325 g/mol. The van der Waals surface area contributed by atoms with Gasteiger partial charge in [0, 0.05) is 11.5 Å². The molecule has 26 heavy (non-hydrogen) atoms. The van der Waals surface area contributed by atoms with Gasteiger partial charge in [0.25, 0.3) is 0 Å². The van der Waals surface area contributed by atoms with Crippen LogP contribution in [0.5, 0.6) is 0 Å². The van der Waals surface area contributed by atoms with Gasteiger partial charge in [-0.05, 0) is 23.1 Å². The molecule has 0 spiro atoms. The quantitative estimate of drug-likeness (QED) is 0.644. The van der Waals surface area contributed by atoms with E-state index in [1.165, 1.54) is 0 Å². The minimum atomic E-state index is -0.414. The lowest BCUT2D eigenvalue weighted by atomic mass is 9.73. The van der Waals surface area contributed by atoms with E-state index in [1.54, 1.807) is 4.81 Å². The molecule has 1 aliphatic rings. The molecular formula is C21H24BNO3. The molecule has 2 aromatic carbocycles. The van der Waals surface area contributed by atoms with E-state index in [0.717, 1.165) is 22.9 Å². The highest BCUT2D eigenvalue weighted by Gasteiger charge is 2.46. The van der Waals surface area contributed by atoms with Crippen LogP contribution < -0.4 is 0 Å². The Bertz CT molecular complexity index is 774. The molecule has 0 aliphatic carbocycles. The van der Waals surface area contributed by atoms with Gasteiger partial charge in [0.05, 0.1) is 12.5 Å². The molecule has 1 aliphatic heterocycles. The molecule has 3 rings (SSSR count). The fourth-order valence-corrected chi connectivity index (χ4v) is 3.94. The molecule has 1 fully saturated rings. The second kappa shape index (κ2) is 7.46. The average Bonchev–Trinajstić information content (AvgIpc) is 2.99. The van der Waals surface area contributed by atoms with Crippen LogP contribution >= 0.6 is 0 Å². The molecule has 2 aromatic rings. The molecule has 1 saturated heterocycles. The van der Waals surface area contributed by atoms with Crippen LogP contribution in [0.3, 0.4) is 0 Å². The lowest BCUT2D eigenvalue weighted by Crippen LogP contribution is -2.47. The third-order valence-electron chi connectivity index (χ3n) is 5.58. The molecule has 5 heteroatoms. The van der Waals surface area contributed by atoms with Crippen molar-refractivity contribution in [2.24, 2.45) is 5.92 Å². The number of rotatable bonds is 6. The fraction of sp³-hybridized carbons (Fsp3) is 0.333. The standard InChI is InChI=1S/C21H24BNO3/c1-21(2,19-12-17(13-24)20(26)23(19)22-14-25)18-10-8-16(9-11-18)15-6-4-3-5-7-15/h3-11,14,17,19,22,24H,12-13H2,1-2H3/t17-,19-/m0/s1. The number of aliphatic hydroxyl groups is 1. The zero-order chi connectivity index (χ0) is 18.7. The van der Waals surface area contributed by atoms with Crippen LogP contribution in [0.25, 0.3) is 11.1 Å². The first-order valence-electron chi connectivity index (χ1n) is 9.00. The Morgan fingerprint density at radius 3 is 2.31 bits per heavy atom. The molecule has 1 amide bonds. The number of carbonyl (C=O) groups is 2. The highest BCUT2D eigenvalue weighted by molar-refractivity contribution is 6.66. The Labute approximate surface area is 155 Å². The SMILES string of the molecule is CC(C)(c1ccc(-c2ccccc2)cc1)[C@@H]1C[C@@H](CO)C(=O)N1BC=O. The molecule has 0 bridgehead atoms. The summed E-state index contributed by atoms with van der Waals surface area (Å²) in [6.45, 7) is 4.02. The second-order valence-electron chi connectivity index (χ2n) is 7.45. The van der Waals surface area contributed by atoms with Gasteiger partial charge < -0.3 is 14.7 Å². The fourth-order valence-electron chi connectivity index (χ4n) is 3.94. The van der Waals surface area contributed by atoms with Gasteiger partial charge in [0.1, 0.15) is 6.19 Å². The zero-order valence-corrected chi connectivity index (χ0v) is 15.3. The number of hydrogen-bond acceptors (Lipinski definition) is 3. The van der Waals surface area contributed by atoms with Gasteiger partial charge in [-0.25, -0.2) is 0 Å². The predicted octanol–water partition coefficient (Wildman–Crippen LogP) is 2.38. The smallest absolute Gasteiger partial charge is 0.313 e. The molecule has 1 heterocycles. The van der Waals surface area contributed by atoms with E-state index in [4.69, 9.17) is 0 Å². The first kappa shape index (κ1) is 18.4. The van der Waals surface area contributed by atoms with Crippen LogP contribution in [0, 0.1) is 5.92 Å². The summed E-state index contributed by atoms with van der Waals surface area (Å²) in [6.07, 6.45) is 1.33. The Morgan fingerprint density at radius 1 is 1.12 bits per heavy atom. The van der Waals surface area contributed by atoms with E-state index in [1.807, 2.05) is 18.2 Å². The van der Waals surface area contributed by atoms with Crippen LogP contribution in [0.15, 0.2) is 54.6 Å². The lowest BCUT2D eigenvalue weighted by molar-refractivity contribution is -0.129. The largest absolute Gasteiger partial charge is 0.396 e. The van der Waals surface area contributed by atoms with Crippen molar-refractivity contribution in [3.8, 4) is 11.1 Å². The van der Waals surface area contributed by atoms with Gasteiger partial charge in [-0.3, -0.25) is 4.79 Å². The number of benzene rings is 2. The summed E-state index contributed by atoms with van der Waals surface area (Å²) >= 11 is 0. The monoisotopic (exact) mass is 349 g/mol. The molecule has 0 unspecified atom stereocenters. The lowest BCUT2D eigenvalue weighted by Gasteiger charge is -2.38.